The van der Waals surface area contributed by atoms with Gasteiger partial charge in [0.25, 0.3) is 0 Å². The first-order chi connectivity index (χ1) is 18.1. The van der Waals surface area contributed by atoms with Crippen molar-refractivity contribution in [1.29, 1.82) is 0 Å². The second kappa shape index (κ2) is 11.2. The number of methoxy groups -OCH3 is 1. The Labute approximate surface area is 221 Å². The molecule has 1 aliphatic heterocycles. The lowest BCUT2D eigenvalue weighted by atomic mass is 9.53. The zero-order valence-corrected chi connectivity index (χ0v) is 22.4. The van der Waals surface area contributed by atoms with Crippen LogP contribution in [0, 0.1) is 23.7 Å². The molecule has 7 rings (SSSR count). The third-order valence-electron chi connectivity index (χ3n) is 10.2. The molecule has 0 unspecified atom stereocenters. The van der Waals surface area contributed by atoms with Gasteiger partial charge < -0.3 is 14.4 Å². The Morgan fingerprint density at radius 3 is 2.14 bits per heavy atom. The average molecular weight is 513 g/mol. The van der Waals surface area contributed by atoms with Gasteiger partial charge in [-0.1, -0.05) is 12.1 Å². The highest BCUT2D eigenvalue weighted by atomic mass is 17.2. The maximum atomic E-state index is 10.8. The summed E-state index contributed by atoms with van der Waals surface area (Å²) >= 11 is 0. The summed E-state index contributed by atoms with van der Waals surface area (Å²) in [5.74, 6) is 3.75. The van der Waals surface area contributed by atoms with Crippen molar-refractivity contribution in [1.82, 2.24) is 9.80 Å². The zero-order valence-electron chi connectivity index (χ0n) is 22.4. The quantitative estimate of drug-likeness (QED) is 0.197. The topological polar surface area (TPSA) is 60.5 Å². The SMILES string of the molecule is COC1(OOC2CCC(c3ccc(OCCN4CCN(C=O)CC4)cc3)CC2)C2CC3CC(C2)CC1C3. The molecule has 204 valence electrons. The summed E-state index contributed by atoms with van der Waals surface area (Å²) in [5.41, 5.74) is 1.39. The molecule has 0 spiro atoms. The summed E-state index contributed by atoms with van der Waals surface area (Å²) < 4.78 is 12.1. The van der Waals surface area contributed by atoms with E-state index < -0.39 is 5.79 Å². The van der Waals surface area contributed by atoms with Crippen LogP contribution < -0.4 is 4.74 Å². The van der Waals surface area contributed by atoms with Gasteiger partial charge in [-0.3, -0.25) is 9.69 Å². The van der Waals surface area contributed by atoms with Gasteiger partial charge in [0.1, 0.15) is 12.4 Å². The van der Waals surface area contributed by atoms with Crippen LogP contribution in [0.2, 0.25) is 0 Å². The predicted octanol–water partition coefficient (Wildman–Crippen LogP) is 4.61. The summed E-state index contributed by atoms with van der Waals surface area (Å²) in [6.07, 6.45) is 11.8. The van der Waals surface area contributed by atoms with Crippen LogP contribution in [0.15, 0.2) is 24.3 Å². The first-order valence-electron chi connectivity index (χ1n) is 14.7. The Morgan fingerprint density at radius 2 is 1.54 bits per heavy atom. The van der Waals surface area contributed by atoms with E-state index in [4.69, 9.17) is 19.2 Å². The minimum atomic E-state index is -0.510. The molecule has 6 fully saturated rings. The van der Waals surface area contributed by atoms with Crippen LogP contribution in [-0.2, 0) is 19.3 Å². The summed E-state index contributed by atoms with van der Waals surface area (Å²) in [6.45, 7) is 5.04. The molecule has 5 saturated carbocycles. The number of hydrogen-bond acceptors (Lipinski definition) is 6. The molecular formula is C30H44N2O5. The van der Waals surface area contributed by atoms with Crippen molar-refractivity contribution in [2.24, 2.45) is 23.7 Å². The first-order valence-corrected chi connectivity index (χ1v) is 14.7. The highest BCUT2D eigenvalue weighted by Gasteiger charge is 2.60. The molecule has 4 bridgehead atoms. The van der Waals surface area contributed by atoms with Gasteiger partial charge in [0.15, 0.2) is 0 Å². The minimum absolute atomic E-state index is 0.163. The summed E-state index contributed by atoms with van der Waals surface area (Å²) in [7, 11) is 1.83. The Kier molecular flexibility index (Phi) is 7.76. The molecule has 0 N–H and O–H groups in total. The smallest absolute Gasteiger partial charge is 0.209 e. The number of nitrogens with zero attached hydrogens (tertiary/aromatic N) is 2. The summed E-state index contributed by atoms with van der Waals surface area (Å²) in [4.78, 5) is 27.5. The second-order valence-electron chi connectivity index (χ2n) is 12.3. The number of rotatable bonds is 10. The fraction of sp³-hybridized carbons (Fsp3) is 0.767. The van der Waals surface area contributed by atoms with Gasteiger partial charge >= 0.3 is 0 Å². The van der Waals surface area contributed by atoms with E-state index in [9.17, 15) is 4.79 Å². The first kappa shape index (κ1) is 25.6. The maximum absolute atomic E-state index is 10.8. The van der Waals surface area contributed by atoms with E-state index in [1.165, 1.54) is 37.7 Å². The van der Waals surface area contributed by atoms with E-state index in [0.717, 1.165) is 82.4 Å². The van der Waals surface area contributed by atoms with Crippen molar-refractivity contribution in [2.75, 3.05) is 46.4 Å². The van der Waals surface area contributed by atoms with Crippen molar-refractivity contribution in [3.63, 3.8) is 0 Å². The third-order valence-corrected chi connectivity index (χ3v) is 10.2. The van der Waals surface area contributed by atoms with Crippen LogP contribution in [0.5, 0.6) is 5.75 Å². The average Bonchev–Trinajstić information content (AvgIpc) is 2.94. The molecule has 0 radical (unpaired) electrons. The zero-order chi connectivity index (χ0) is 25.2. The molecular weight excluding hydrogens is 468 g/mol. The molecule has 5 aliphatic carbocycles. The lowest BCUT2D eigenvalue weighted by molar-refractivity contribution is -0.485. The fourth-order valence-electron chi connectivity index (χ4n) is 8.20. The summed E-state index contributed by atoms with van der Waals surface area (Å²) in [5, 5.41) is 0. The van der Waals surface area contributed by atoms with Crippen molar-refractivity contribution < 1.29 is 24.0 Å². The molecule has 1 heterocycles. The van der Waals surface area contributed by atoms with Gasteiger partial charge in [0, 0.05) is 51.7 Å². The highest BCUT2D eigenvalue weighted by Crippen LogP contribution is 2.60. The lowest BCUT2D eigenvalue weighted by Gasteiger charge is -2.58. The number of carbonyl (C=O) groups is 1. The predicted molar refractivity (Wildman–Crippen MR) is 140 cm³/mol. The molecule has 1 amide bonds. The Balaban J connectivity index is 0.929. The standard InChI is InChI=1S/C30H44N2O5/c1-34-30(26-17-22-16-23(19-26)20-27(30)18-22)37-36-29-8-4-25(5-9-29)24-2-6-28(7-3-24)35-15-14-31-10-12-32(21-33)13-11-31/h2-3,6-7,21-23,25-27,29H,4-5,8-20H2,1H3. The van der Waals surface area contributed by atoms with Gasteiger partial charge in [-0.2, -0.15) is 0 Å². The van der Waals surface area contributed by atoms with Crippen LogP contribution in [0.1, 0.15) is 69.3 Å². The maximum Gasteiger partial charge on any atom is 0.209 e. The van der Waals surface area contributed by atoms with Crippen molar-refractivity contribution in [3.8, 4) is 5.75 Å². The number of ether oxygens (including phenoxy) is 2. The highest BCUT2D eigenvalue weighted by molar-refractivity contribution is 5.47. The van der Waals surface area contributed by atoms with E-state index in [1.54, 1.807) is 0 Å². The Bertz CT molecular complexity index is 864. The number of piperazine rings is 1. The van der Waals surface area contributed by atoms with Gasteiger partial charge in [-0.05, 0) is 93.2 Å². The van der Waals surface area contributed by atoms with Crippen LogP contribution in [0.25, 0.3) is 0 Å². The monoisotopic (exact) mass is 512 g/mol. The number of amides is 1. The van der Waals surface area contributed by atoms with E-state index >= 15 is 0 Å². The number of hydrogen-bond donors (Lipinski definition) is 0. The second-order valence-corrected chi connectivity index (χ2v) is 12.3. The van der Waals surface area contributed by atoms with E-state index in [-0.39, 0.29) is 6.10 Å². The molecule has 1 aromatic rings. The largest absolute Gasteiger partial charge is 0.492 e. The van der Waals surface area contributed by atoms with Gasteiger partial charge in [0.05, 0.1) is 6.10 Å². The molecule has 1 saturated heterocycles. The lowest BCUT2D eigenvalue weighted by Crippen LogP contribution is -2.60. The molecule has 7 heteroatoms. The Morgan fingerprint density at radius 1 is 0.892 bits per heavy atom. The number of benzene rings is 1. The van der Waals surface area contributed by atoms with Crippen LogP contribution in [0.3, 0.4) is 0 Å². The minimum Gasteiger partial charge on any atom is -0.492 e. The van der Waals surface area contributed by atoms with Crippen molar-refractivity contribution in [2.45, 2.75) is 75.6 Å². The fourth-order valence-corrected chi connectivity index (χ4v) is 8.20. The van der Waals surface area contributed by atoms with Crippen molar-refractivity contribution in [3.05, 3.63) is 29.8 Å². The van der Waals surface area contributed by atoms with Crippen LogP contribution in [0.4, 0.5) is 0 Å². The molecule has 6 aliphatic rings. The summed E-state index contributed by atoms with van der Waals surface area (Å²) in [6, 6.07) is 8.68. The van der Waals surface area contributed by atoms with Gasteiger partial charge in [-0.25, -0.2) is 9.78 Å². The third kappa shape index (κ3) is 5.42. The molecule has 37 heavy (non-hydrogen) atoms. The molecule has 0 atom stereocenters. The van der Waals surface area contributed by atoms with E-state index in [0.29, 0.717) is 24.4 Å². The van der Waals surface area contributed by atoms with E-state index in [2.05, 4.69) is 29.2 Å². The van der Waals surface area contributed by atoms with E-state index in [1.807, 2.05) is 12.0 Å². The Hall–Kier alpha value is -1.67. The molecule has 7 nitrogen and oxygen atoms in total. The van der Waals surface area contributed by atoms with Crippen LogP contribution in [-0.4, -0.2) is 74.5 Å². The van der Waals surface area contributed by atoms with Crippen molar-refractivity contribution >= 4 is 6.41 Å². The molecule has 0 aromatic heterocycles. The van der Waals surface area contributed by atoms with Gasteiger partial charge in [0.2, 0.25) is 12.2 Å². The molecule has 1 aromatic carbocycles. The van der Waals surface area contributed by atoms with Crippen LogP contribution >= 0.6 is 0 Å². The van der Waals surface area contributed by atoms with Gasteiger partial charge in [-0.15, -0.1) is 0 Å². The number of carbonyl (C=O) groups excluding carboxylic acids is 1. The normalized spacial score (nSPS) is 37.6.